The molecule has 0 spiro atoms. The number of aliphatic hydroxyl groups excluding tert-OH is 1. The molecule has 0 aromatic heterocycles. The fraction of sp³-hybridized carbons (Fsp3) is 0.800. The standard InChI is InChI=1S/C10H17NO4/c1-7(12)8-3-2-6-11(8)9(13)4-5-10(14)15/h7-8,12H,2-6H2,1H3,(H,14,15)/t7-,8+/m0/s1. The van der Waals surface area contributed by atoms with Crippen LogP contribution >= 0.6 is 0 Å². The highest BCUT2D eigenvalue weighted by Crippen LogP contribution is 2.21. The molecule has 2 atom stereocenters. The quantitative estimate of drug-likeness (QED) is 0.703. The van der Waals surface area contributed by atoms with Gasteiger partial charge in [0.2, 0.25) is 5.91 Å². The second-order valence-electron chi connectivity index (χ2n) is 3.93. The number of carbonyl (C=O) groups is 2. The molecule has 0 aliphatic carbocycles. The average Bonchev–Trinajstić information content (AvgIpc) is 2.62. The van der Waals surface area contributed by atoms with Gasteiger partial charge in [-0.2, -0.15) is 0 Å². The van der Waals surface area contributed by atoms with Gasteiger partial charge in [-0.15, -0.1) is 0 Å². The number of rotatable bonds is 4. The number of hydrogen-bond acceptors (Lipinski definition) is 3. The van der Waals surface area contributed by atoms with Crippen molar-refractivity contribution in [3.8, 4) is 0 Å². The highest BCUT2D eigenvalue weighted by Gasteiger charge is 2.31. The maximum Gasteiger partial charge on any atom is 0.303 e. The van der Waals surface area contributed by atoms with Gasteiger partial charge < -0.3 is 15.1 Å². The molecular formula is C10H17NO4. The van der Waals surface area contributed by atoms with Gasteiger partial charge in [0.15, 0.2) is 0 Å². The summed E-state index contributed by atoms with van der Waals surface area (Å²) in [5, 5.41) is 17.9. The lowest BCUT2D eigenvalue weighted by Gasteiger charge is -2.26. The molecule has 0 saturated carbocycles. The van der Waals surface area contributed by atoms with Crippen molar-refractivity contribution in [1.82, 2.24) is 4.90 Å². The van der Waals surface area contributed by atoms with E-state index in [1.807, 2.05) is 0 Å². The largest absolute Gasteiger partial charge is 0.481 e. The van der Waals surface area contributed by atoms with E-state index >= 15 is 0 Å². The third kappa shape index (κ3) is 3.20. The lowest BCUT2D eigenvalue weighted by atomic mass is 10.1. The Bertz CT molecular complexity index is 252. The van der Waals surface area contributed by atoms with Crippen molar-refractivity contribution in [2.45, 2.75) is 44.8 Å². The molecule has 1 rings (SSSR count). The molecule has 1 amide bonds. The summed E-state index contributed by atoms with van der Waals surface area (Å²) in [6.07, 6.45) is 1.03. The SMILES string of the molecule is C[C@H](O)[C@H]1CCCN1C(=O)CCC(=O)O. The topological polar surface area (TPSA) is 77.8 Å². The van der Waals surface area contributed by atoms with Crippen LogP contribution in [0.25, 0.3) is 0 Å². The molecule has 86 valence electrons. The average molecular weight is 215 g/mol. The highest BCUT2D eigenvalue weighted by atomic mass is 16.4. The van der Waals surface area contributed by atoms with E-state index in [9.17, 15) is 14.7 Å². The van der Waals surface area contributed by atoms with Crippen LogP contribution < -0.4 is 0 Å². The maximum atomic E-state index is 11.6. The molecule has 0 unspecified atom stereocenters. The number of carboxylic acid groups (broad SMARTS) is 1. The van der Waals surface area contributed by atoms with Crippen LogP contribution in [0.15, 0.2) is 0 Å². The van der Waals surface area contributed by atoms with Gasteiger partial charge >= 0.3 is 5.97 Å². The van der Waals surface area contributed by atoms with Crippen molar-refractivity contribution < 1.29 is 19.8 Å². The zero-order valence-corrected chi connectivity index (χ0v) is 8.85. The number of carboxylic acids is 1. The van der Waals surface area contributed by atoms with E-state index in [1.54, 1.807) is 11.8 Å². The lowest BCUT2D eigenvalue weighted by molar-refractivity contribution is -0.141. The van der Waals surface area contributed by atoms with Gasteiger partial charge in [0, 0.05) is 13.0 Å². The van der Waals surface area contributed by atoms with Crippen molar-refractivity contribution in [1.29, 1.82) is 0 Å². The fourth-order valence-corrected chi connectivity index (χ4v) is 1.96. The van der Waals surface area contributed by atoms with Crippen LogP contribution in [0, 0.1) is 0 Å². The molecule has 0 aromatic carbocycles. The van der Waals surface area contributed by atoms with Gasteiger partial charge in [-0.25, -0.2) is 0 Å². The molecule has 1 aliphatic heterocycles. The monoisotopic (exact) mass is 215 g/mol. The number of carbonyl (C=O) groups excluding carboxylic acids is 1. The molecule has 0 bridgehead atoms. The third-order valence-electron chi connectivity index (χ3n) is 2.73. The molecule has 5 nitrogen and oxygen atoms in total. The maximum absolute atomic E-state index is 11.6. The van der Waals surface area contributed by atoms with E-state index in [0.717, 1.165) is 12.8 Å². The number of nitrogens with zero attached hydrogens (tertiary/aromatic N) is 1. The molecule has 5 heteroatoms. The van der Waals surface area contributed by atoms with Crippen LogP contribution in [0.2, 0.25) is 0 Å². The summed E-state index contributed by atoms with van der Waals surface area (Å²) in [5.74, 6) is -1.13. The minimum absolute atomic E-state index is 0.0263. The van der Waals surface area contributed by atoms with Crippen LogP contribution in [0.3, 0.4) is 0 Å². The van der Waals surface area contributed by atoms with Crippen LogP contribution in [0.4, 0.5) is 0 Å². The van der Waals surface area contributed by atoms with Crippen molar-refractivity contribution in [2.75, 3.05) is 6.54 Å². The molecule has 1 saturated heterocycles. The van der Waals surface area contributed by atoms with Crippen LogP contribution in [0.1, 0.15) is 32.6 Å². The minimum Gasteiger partial charge on any atom is -0.481 e. The molecular weight excluding hydrogens is 198 g/mol. The van der Waals surface area contributed by atoms with E-state index in [4.69, 9.17) is 5.11 Å². The zero-order chi connectivity index (χ0) is 11.4. The minimum atomic E-state index is -0.962. The predicted octanol–water partition coefficient (Wildman–Crippen LogP) is 0.223. The third-order valence-corrected chi connectivity index (χ3v) is 2.73. The van der Waals surface area contributed by atoms with Crippen molar-refractivity contribution >= 4 is 11.9 Å². The Labute approximate surface area is 88.7 Å². The van der Waals surface area contributed by atoms with Crippen LogP contribution in [0.5, 0.6) is 0 Å². The number of aliphatic hydroxyl groups is 1. The van der Waals surface area contributed by atoms with E-state index in [0.29, 0.717) is 6.54 Å². The summed E-state index contributed by atoms with van der Waals surface area (Å²) in [4.78, 5) is 23.5. The van der Waals surface area contributed by atoms with Gasteiger partial charge in [0.25, 0.3) is 0 Å². The summed E-state index contributed by atoms with van der Waals surface area (Å²) < 4.78 is 0. The Morgan fingerprint density at radius 3 is 2.67 bits per heavy atom. The molecule has 1 fully saturated rings. The van der Waals surface area contributed by atoms with E-state index in [2.05, 4.69) is 0 Å². The van der Waals surface area contributed by atoms with Gasteiger partial charge in [0.05, 0.1) is 18.6 Å². The summed E-state index contributed by atoms with van der Waals surface area (Å²) >= 11 is 0. The summed E-state index contributed by atoms with van der Waals surface area (Å²) in [5.41, 5.74) is 0. The van der Waals surface area contributed by atoms with Crippen molar-refractivity contribution in [2.24, 2.45) is 0 Å². The summed E-state index contributed by atoms with van der Waals surface area (Å²) in [6.45, 7) is 2.29. The number of hydrogen-bond donors (Lipinski definition) is 2. The van der Waals surface area contributed by atoms with Gasteiger partial charge in [0.1, 0.15) is 0 Å². The highest BCUT2D eigenvalue weighted by molar-refractivity contribution is 5.81. The normalized spacial score (nSPS) is 22.8. The van der Waals surface area contributed by atoms with E-state index in [1.165, 1.54) is 0 Å². The predicted molar refractivity (Wildman–Crippen MR) is 53.3 cm³/mol. The molecule has 1 heterocycles. The number of amides is 1. The number of likely N-dealkylation sites (tertiary alicyclic amines) is 1. The first-order valence-corrected chi connectivity index (χ1v) is 5.21. The van der Waals surface area contributed by atoms with Gasteiger partial charge in [-0.05, 0) is 19.8 Å². The van der Waals surface area contributed by atoms with Gasteiger partial charge in [-0.3, -0.25) is 9.59 Å². The van der Waals surface area contributed by atoms with Crippen molar-refractivity contribution in [3.05, 3.63) is 0 Å². The Kier molecular flexibility index (Phi) is 4.08. The second kappa shape index (κ2) is 5.11. The van der Waals surface area contributed by atoms with E-state index < -0.39 is 12.1 Å². The molecule has 15 heavy (non-hydrogen) atoms. The fourth-order valence-electron chi connectivity index (χ4n) is 1.96. The lowest BCUT2D eigenvalue weighted by Crippen LogP contribution is -2.41. The van der Waals surface area contributed by atoms with Crippen LogP contribution in [-0.4, -0.2) is 45.7 Å². The van der Waals surface area contributed by atoms with Crippen molar-refractivity contribution in [3.63, 3.8) is 0 Å². The Hall–Kier alpha value is -1.10. The summed E-state index contributed by atoms with van der Waals surface area (Å²) in [7, 11) is 0. The Morgan fingerprint density at radius 2 is 2.13 bits per heavy atom. The van der Waals surface area contributed by atoms with Gasteiger partial charge in [-0.1, -0.05) is 0 Å². The smallest absolute Gasteiger partial charge is 0.303 e. The second-order valence-corrected chi connectivity index (χ2v) is 3.93. The molecule has 2 N–H and O–H groups in total. The molecule has 0 radical (unpaired) electrons. The zero-order valence-electron chi connectivity index (χ0n) is 8.85. The first kappa shape index (κ1) is 12.0. The molecule has 0 aromatic rings. The Balaban J connectivity index is 2.47. The molecule has 1 aliphatic rings. The summed E-state index contributed by atoms with van der Waals surface area (Å²) in [6, 6.07) is -0.133. The first-order chi connectivity index (χ1) is 7.02. The van der Waals surface area contributed by atoms with Crippen LogP contribution in [-0.2, 0) is 9.59 Å². The first-order valence-electron chi connectivity index (χ1n) is 5.21. The Morgan fingerprint density at radius 1 is 1.47 bits per heavy atom. The van der Waals surface area contributed by atoms with E-state index in [-0.39, 0.29) is 24.8 Å². The number of aliphatic carboxylic acids is 1.